The van der Waals surface area contributed by atoms with E-state index in [4.69, 9.17) is 11.6 Å². The molecule has 0 aromatic heterocycles. The van der Waals surface area contributed by atoms with Crippen LogP contribution >= 0.6 is 11.6 Å². The number of carbonyl (C=O) groups is 1. The topological polar surface area (TPSA) is 43.4 Å². The van der Waals surface area contributed by atoms with Crippen molar-refractivity contribution >= 4 is 28.4 Å². The molecule has 2 rings (SSSR count). The molecule has 1 fully saturated rings. The van der Waals surface area contributed by atoms with Crippen molar-refractivity contribution in [1.82, 2.24) is 0 Å². The summed E-state index contributed by atoms with van der Waals surface area (Å²) in [5.41, 5.74) is 0.932. The van der Waals surface area contributed by atoms with Crippen LogP contribution in [0.4, 0.5) is 0 Å². The minimum atomic E-state index is -0.954. The van der Waals surface area contributed by atoms with E-state index >= 15 is 0 Å². The SMILES string of the molecule is COC(=O)CC1(CS(=O)Cc2ccc(Cl)cc2)CC1. The maximum atomic E-state index is 12.1. The minimum Gasteiger partial charge on any atom is -0.469 e. The van der Waals surface area contributed by atoms with Crippen molar-refractivity contribution in [1.29, 1.82) is 0 Å². The van der Waals surface area contributed by atoms with Crippen LogP contribution in [-0.4, -0.2) is 23.0 Å². The largest absolute Gasteiger partial charge is 0.469 e. The first-order chi connectivity index (χ1) is 9.03. The molecule has 0 amide bonds. The van der Waals surface area contributed by atoms with Crippen molar-refractivity contribution in [2.45, 2.75) is 25.0 Å². The zero-order chi connectivity index (χ0) is 13.9. The van der Waals surface area contributed by atoms with E-state index < -0.39 is 10.8 Å². The summed E-state index contributed by atoms with van der Waals surface area (Å²) < 4.78 is 16.8. The smallest absolute Gasteiger partial charge is 0.306 e. The Morgan fingerprint density at radius 1 is 1.37 bits per heavy atom. The monoisotopic (exact) mass is 300 g/mol. The molecule has 1 aliphatic rings. The van der Waals surface area contributed by atoms with Gasteiger partial charge < -0.3 is 4.74 Å². The minimum absolute atomic E-state index is 0.0790. The second kappa shape index (κ2) is 6.06. The molecule has 0 aliphatic heterocycles. The molecule has 1 aromatic rings. The molecule has 0 radical (unpaired) electrons. The molecule has 0 heterocycles. The molecule has 1 aromatic carbocycles. The first-order valence-corrected chi connectivity index (χ1v) is 8.06. The summed E-state index contributed by atoms with van der Waals surface area (Å²) in [4.78, 5) is 11.3. The third kappa shape index (κ3) is 4.32. The van der Waals surface area contributed by atoms with Crippen LogP contribution in [0.1, 0.15) is 24.8 Å². The number of hydrogen-bond donors (Lipinski definition) is 0. The Labute approximate surface area is 120 Å². The van der Waals surface area contributed by atoms with Crippen LogP contribution in [0.5, 0.6) is 0 Å². The number of methoxy groups -OCH3 is 1. The summed E-state index contributed by atoms with van der Waals surface area (Å²) in [6.45, 7) is 0. The summed E-state index contributed by atoms with van der Waals surface area (Å²) >= 11 is 5.81. The molecular formula is C14H17ClO3S. The molecule has 104 valence electrons. The molecule has 1 unspecified atom stereocenters. The van der Waals surface area contributed by atoms with Crippen LogP contribution in [0.3, 0.4) is 0 Å². The van der Waals surface area contributed by atoms with Crippen molar-refractivity contribution in [3.05, 3.63) is 34.9 Å². The van der Waals surface area contributed by atoms with Crippen molar-refractivity contribution in [3.8, 4) is 0 Å². The number of benzene rings is 1. The normalized spacial score (nSPS) is 17.8. The molecular weight excluding hydrogens is 284 g/mol. The van der Waals surface area contributed by atoms with Gasteiger partial charge in [-0.2, -0.15) is 0 Å². The second-order valence-electron chi connectivity index (χ2n) is 5.11. The standard InChI is InChI=1S/C14H17ClO3S/c1-18-13(16)8-14(6-7-14)10-19(17)9-11-2-4-12(15)5-3-11/h2-5H,6-10H2,1H3. The first kappa shape index (κ1) is 14.5. The fourth-order valence-corrected chi connectivity index (χ4v) is 3.95. The predicted octanol–water partition coefficient (Wildman–Crippen LogP) is 2.93. The Kier molecular flexibility index (Phi) is 4.63. The van der Waals surface area contributed by atoms with Gasteiger partial charge in [0.25, 0.3) is 0 Å². The first-order valence-electron chi connectivity index (χ1n) is 6.19. The number of ether oxygens (including phenoxy) is 1. The van der Waals surface area contributed by atoms with Crippen LogP contribution in [0.25, 0.3) is 0 Å². The Hall–Kier alpha value is -0.870. The lowest BCUT2D eigenvalue weighted by Crippen LogP contribution is -2.18. The molecule has 1 aliphatic carbocycles. The van der Waals surface area contributed by atoms with Gasteiger partial charge in [0.15, 0.2) is 0 Å². The summed E-state index contributed by atoms with van der Waals surface area (Å²) in [6, 6.07) is 7.38. The number of carbonyl (C=O) groups excluding carboxylic acids is 1. The number of esters is 1. The summed E-state index contributed by atoms with van der Waals surface area (Å²) in [5, 5.41) is 0.680. The highest BCUT2D eigenvalue weighted by Gasteiger charge is 2.45. The van der Waals surface area contributed by atoms with E-state index in [1.807, 2.05) is 12.1 Å². The van der Waals surface area contributed by atoms with E-state index in [0.29, 0.717) is 22.9 Å². The average molecular weight is 301 g/mol. The number of rotatable bonds is 6. The van der Waals surface area contributed by atoms with Crippen LogP contribution in [0.2, 0.25) is 5.02 Å². The van der Waals surface area contributed by atoms with Crippen LogP contribution in [0.15, 0.2) is 24.3 Å². The van der Waals surface area contributed by atoms with Gasteiger partial charge in [-0.25, -0.2) is 0 Å². The summed E-state index contributed by atoms with van der Waals surface area (Å²) in [7, 11) is 0.438. The lowest BCUT2D eigenvalue weighted by atomic mass is 10.1. The fraction of sp³-hybridized carbons (Fsp3) is 0.500. The maximum Gasteiger partial charge on any atom is 0.306 e. The van der Waals surface area contributed by atoms with Crippen LogP contribution in [-0.2, 0) is 26.1 Å². The van der Waals surface area contributed by atoms with Gasteiger partial charge in [-0.15, -0.1) is 0 Å². The van der Waals surface area contributed by atoms with Gasteiger partial charge in [0.2, 0.25) is 0 Å². The fourth-order valence-electron chi connectivity index (χ4n) is 2.09. The molecule has 1 atom stereocenters. The Morgan fingerprint density at radius 3 is 2.53 bits per heavy atom. The molecule has 0 bridgehead atoms. The number of halogens is 1. The molecule has 19 heavy (non-hydrogen) atoms. The van der Waals surface area contributed by atoms with Crippen molar-refractivity contribution in [3.63, 3.8) is 0 Å². The summed E-state index contributed by atoms with van der Waals surface area (Å²) in [5.74, 6) is 0.881. The van der Waals surface area contributed by atoms with E-state index in [1.165, 1.54) is 7.11 Å². The predicted molar refractivity (Wildman–Crippen MR) is 76.5 cm³/mol. The third-order valence-corrected chi connectivity index (χ3v) is 5.25. The van der Waals surface area contributed by atoms with Gasteiger partial charge in [0, 0.05) is 27.3 Å². The van der Waals surface area contributed by atoms with Gasteiger partial charge in [0.05, 0.1) is 13.5 Å². The quantitative estimate of drug-likeness (QED) is 0.759. The Balaban J connectivity index is 1.87. The van der Waals surface area contributed by atoms with Crippen LogP contribution < -0.4 is 0 Å². The van der Waals surface area contributed by atoms with Crippen molar-refractivity contribution in [2.75, 3.05) is 12.9 Å². The van der Waals surface area contributed by atoms with Crippen molar-refractivity contribution in [2.24, 2.45) is 5.41 Å². The van der Waals surface area contributed by atoms with Crippen LogP contribution in [0, 0.1) is 5.41 Å². The summed E-state index contributed by atoms with van der Waals surface area (Å²) in [6.07, 6.45) is 2.32. The van der Waals surface area contributed by atoms with E-state index in [1.54, 1.807) is 12.1 Å². The van der Waals surface area contributed by atoms with Crippen molar-refractivity contribution < 1.29 is 13.7 Å². The maximum absolute atomic E-state index is 12.1. The lowest BCUT2D eigenvalue weighted by molar-refractivity contribution is -0.141. The molecule has 1 saturated carbocycles. The van der Waals surface area contributed by atoms with Gasteiger partial charge in [0.1, 0.15) is 0 Å². The average Bonchev–Trinajstić information content (AvgIpc) is 3.11. The zero-order valence-corrected chi connectivity index (χ0v) is 12.4. The molecule has 0 spiro atoms. The Morgan fingerprint density at radius 2 is 2.00 bits per heavy atom. The van der Waals surface area contributed by atoms with Gasteiger partial charge in [-0.1, -0.05) is 23.7 Å². The third-order valence-electron chi connectivity index (χ3n) is 3.41. The van der Waals surface area contributed by atoms with E-state index in [2.05, 4.69) is 4.74 Å². The molecule has 0 N–H and O–H groups in total. The van der Waals surface area contributed by atoms with Gasteiger partial charge in [-0.05, 0) is 36.0 Å². The van der Waals surface area contributed by atoms with Gasteiger partial charge in [-0.3, -0.25) is 9.00 Å². The lowest BCUT2D eigenvalue weighted by Gasteiger charge is -2.13. The highest BCUT2D eigenvalue weighted by molar-refractivity contribution is 7.84. The van der Waals surface area contributed by atoms with Gasteiger partial charge >= 0.3 is 5.97 Å². The molecule has 5 heteroatoms. The zero-order valence-electron chi connectivity index (χ0n) is 10.9. The Bertz CT molecular complexity index is 480. The van der Waals surface area contributed by atoms with E-state index in [0.717, 1.165) is 18.4 Å². The van der Waals surface area contributed by atoms with E-state index in [-0.39, 0.29) is 11.4 Å². The molecule has 0 saturated heterocycles. The number of hydrogen-bond acceptors (Lipinski definition) is 3. The highest BCUT2D eigenvalue weighted by Crippen LogP contribution is 2.49. The second-order valence-corrected chi connectivity index (χ2v) is 7.00. The highest BCUT2D eigenvalue weighted by atomic mass is 35.5. The molecule has 3 nitrogen and oxygen atoms in total. The van der Waals surface area contributed by atoms with E-state index in [9.17, 15) is 9.00 Å².